The van der Waals surface area contributed by atoms with Crippen LogP contribution in [-0.4, -0.2) is 19.9 Å². The van der Waals surface area contributed by atoms with Crippen molar-refractivity contribution in [2.24, 2.45) is 0 Å². The minimum atomic E-state index is -0.323. The molecule has 0 saturated carbocycles. The van der Waals surface area contributed by atoms with Gasteiger partial charge in [-0.15, -0.1) is 0 Å². The van der Waals surface area contributed by atoms with Gasteiger partial charge in [-0.05, 0) is 42.8 Å². The lowest BCUT2D eigenvalue weighted by Crippen LogP contribution is -2.10. The second-order valence-corrected chi connectivity index (χ2v) is 4.73. The smallest absolute Gasteiger partial charge is 0.193 e. The lowest BCUT2D eigenvalue weighted by molar-refractivity contribution is 0.103. The molecule has 0 spiro atoms. The van der Waals surface area contributed by atoms with E-state index in [0.29, 0.717) is 16.7 Å². The molecule has 0 aliphatic rings. The van der Waals surface area contributed by atoms with Crippen LogP contribution in [0.4, 0.5) is 10.1 Å². The molecule has 0 bridgehead atoms. The second kappa shape index (κ2) is 5.22. The Morgan fingerprint density at radius 1 is 1.11 bits per heavy atom. The van der Waals surface area contributed by atoms with Crippen molar-refractivity contribution in [2.75, 3.05) is 19.0 Å². The number of rotatable bonds is 3. The third kappa shape index (κ3) is 2.81. The van der Waals surface area contributed by atoms with E-state index in [1.54, 1.807) is 13.0 Å². The van der Waals surface area contributed by atoms with Crippen LogP contribution in [0.2, 0.25) is 0 Å². The van der Waals surface area contributed by atoms with E-state index in [9.17, 15) is 9.18 Å². The van der Waals surface area contributed by atoms with E-state index in [2.05, 4.69) is 0 Å². The van der Waals surface area contributed by atoms with Crippen LogP contribution in [-0.2, 0) is 0 Å². The number of benzene rings is 2. The van der Waals surface area contributed by atoms with E-state index in [1.165, 1.54) is 18.2 Å². The standard InChI is InChI=1S/C16H16FNO/c1-11-9-13(17)7-8-15(11)16(19)12-5-4-6-14(10-12)18(2)3/h4-10H,1-3H3. The van der Waals surface area contributed by atoms with Gasteiger partial charge in [0.05, 0.1) is 0 Å². The van der Waals surface area contributed by atoms with Crippen LogP contribution < -0.4 is 4.90 Å². The summed E-state index contributed by atoms with van der Waals surface area (Å²) < 4.78 is 13.1. The maximum atomic E-state index is 13.1. The van der Waals surface area contributed by atoms with Crippen molar-refractivity contribution in [1.29, 1.82) is 0 Å². The van der Waals surface area contributed by atoms with Gasteiger partial charge in [-0.25, -0.2) is 4.39 Å². The van der Waals surface area contributed by atoms with Crippen LogP contribution in [0, 0.1) is 12.7 Å². The van der Waals surface area contributed by atoms with Gasteiger partial charge in [0, 0.05) is 30.9 Å². The lowest BCUT2D eigenvalue weighted by atomic mass is 9.98. The first-order valence-electron chi connectivity index (χ1n) is 6.07. The fraction of sp³-hybridized carbons (Fsp3) is 0.188. The molecule has 0 N–H and O–H groups in total. The highest BCUT2D eigenvalue weighted by Gasteiger charge is 2.13. The van der Waals surface area contributed by atoms with Gasteiger partial charge >= 0.3 is 0 Å². The Kier molecular flexibility index (Phi) is 3.65. The molecule has 98 valence electrons. The molecule has 2 nitrogen and oxygen atoms in total. The fourth-order valence-corrected chi connectivity index (χ4v) is 1.96. The van der Waals surface area contributed by atoms with Gasteiger partial charge in [0.15, 0.2) is 5.78 Å². The number of ketones is 1. The summed E-state index contributed by atoms with van der Waals surface area (Å²) in [4.78, 5) is 14.4. The number of carbonyl (C=O) groups excluding carboxylic acids is 1. The average Bonchev–Trinajstić information content (AvgIpc) is 2.38. The topological polar surface area (TPSA) is 20.3 Å². The number of carbonyl (C=O) groups is 1. The van der Waals surface area contributed by atoms with Crippen molar-refractivity contribution < 1.29 is 9.18 Å². The third-order valence-electron chi connectivity index (χ3n) is 3.06. The molecule has 0 unspecified atom stereocenters. The molecule has 0 aliphatic heterocycles. The zero-order valence-electron chi connectivity index (χ0n) is 11.3. The average molecular weight is 257 g/mol. The van der Waals surface area contributed by atoms with Gasteiger partial charge < -0.3 is 4.90 Å². The van der Waals surface area contributed by atoms with Crippen molar-refractivity contribution >= 4 is 11.5 Å². The highest BCUT2D eigenvalue weighted by molar-refractivity contribution is 6.10. The third-order valence-corrected chi connectivity index (χ3v) is 3.06. The van der Waals surface area contributed by atoms with Crippen LogP contribution in [0.25, 0.3) is 0 Å². The summed E-state index contributed by atoms with van der Waals surface area (Å²) in [7, 11) is 3.85. The summed E-state index contributed by atoms with van der Waals surface area (Å²) in [6, 6.07) is 11.6. The largest absolute Gasteiger partial charge is 0.378 e. The number of halogens is 1. The Morgan fingerprint density at radius 3 is 2.47 bits per heavy atom. The zero-order chi connectivity index (χ0) is 14.0. The number of anilines is 1. The van der Waals surface area contributed by atoms with Gasteiger partial charge in [0.2, 0.25) is 0 Å². The van der Waals surface area contributed by atoms with Gasteiger partial charge in [-0.1, -0.05) is 12.1 Å². The van der Waals surface area contributed by atoms with Crippen molar-refractivity contribution in [1.82, 2.24) is 0 Å². The SMILES string of the molecule is Cc1cc(F)ccc1C(=O)c1cccc(N(C)C)c1. The zero-order valence-corrected chi connectivity index (χ0v) is 11.3. The first-order chi connectivity index (χ1) is 8.99. The highest BCUT2D eigenvalue weighted by atomic mass is 19.1. The Bertz CT molecular complexity index is 620. The molecule has 0 atom stereocenters. The Labute approximate surface area is 112 Å². The van der Waals surface area contributed by atoms with Crippen LogP contribution in [0.15, 0.2) is 42.5 Å². The summed E-state index contributed by atoms with van der Waals surface area (Å²) in [6.45, 7) is 1.74. The molecular formula is C16H16FNO. The molecule has 2 rings (SSSR count). The van der Waals surface area contributed by atoms with Crippen molar-refractivity contribution in [3.05, 3.63) is 65.0 Å². The molecule has 0 heterocycles. The first-order valence-corrected chi connectivity index (χ1v) is 6.07. The van der Waals surface area contributed by atoms with Crippen molar-refractivity contribution in [2.45, 2.75) is 6.92 Å². The summed E-state index contributed by atoms with van der Waals surface area (Å²) in [5, 5.41) is 0. The van der Waals surface area contributed by atoms with Gasteiger partial charge in [0.1, 0.15) is 5.82 Å². The minimum absolute atomic E-state index is 0.0822. The molecule has 0 fully saturated rings. The number of aryl methyl sites for hydroxylation is 1. The fourth-order valence-electron chi connectivity index (χ4n) is 1.96. The number of nitrogens with zero attached hydrogens (tertiary/aromatic N) is 1. The molecule has 0 saturated heterocycles. The van der Waals surface area contributed by atoms with Crippen molar-refractivity contribution in [3.63, 3.8) is 0 Å². The molecule has 0 radical (unpaired) electrons. The summed E-state index contributed by atoms with van der Waals surface area (Å²) in [5.74, 6) is -0.405. The van der Waals surface area contributed by atoms with Crippen LogP contribution in [0.1, 0.15) is 21.5 Å². The number of hydrogen-bond donors (Lipinski definition) is 0. The maximum absolute atomic E-state index is 13.1. The van der Waals surface area contributed by atoms with Crippen LogP contribution in [0.3, 0.4) is 0 Å². The van der Waals surface area contributed by atoms with Gasteiger partial charge in [0.25, 0.3) is 0 Å². The second-order valence-electron chi connectivity index (χ2n) is 4.73. The van der Waals surface area contributed by atoms with E-state index < -0.39 is 0 Å². The Balaban J connectivity index is 2.41. The van der Waals surface area contributed by atoms with E-state index in [1.807, 2.05) is 37.2 Å². The van der Waals surface area contributed by atoms with Crippen LogP contribution >= 0.6 is 0 Å². The summed E-state index contributed by atoms with van der Waals surface area (Å²) >= 11 is 0. The first kappa shape index (κ1) is 13.3. The number of hydrogen-bond acceptors (Lipinski definition) is 2. The predicted octanol–water partition coefficient (Wildman–Crippen LogP) is 3.43. The van der Waals surface area contributed by atoms with E-state index in [-0.39, 0.29) is 11.6 Å². The van der Waals surface area contributed by atoms with Gasteiger partial charge in [-0.3, -0.25) is 4.79 Å². The minimum Gasteiger partial charge on any atom is -0.378 e. The summed E-state index contributed by atoms with van der Waals surface area (Å²) in [5.41, 5.74) is 2.77. The molecule has 19 heavy (non-hydrogen) atoms. The lowest BCUT2D eigenvalue weighted by Gasteiger charge is -2.13. The molecule has 0 amide bonds. The van der Waals surface area contributed by atoms with E-state index in [4.69, 9.17) is 0 Å². The molecule has 2 aromatic rings. The summed E-state index contributed by atoms with van der Waals surface area (Å²) in [6.07, 6.45) is 0. The van der Waals surface area contributed by atoms with Crippen LogP contribution in [0.5, 0.6) is 0 Å². The normalized spacial score (nSPS) is 10.3. The Hall–Kier alpha value is -2.16. The Morgan fingerprint density at radius 2 is 1.84 bits per heavy atom. The highest BCUT2D eigenvalue weighted by Crippen LogP contribution is 2.19. The molecular weight excluding hydrogens is 241 g/mol. The van der Waals surface area contributed by atoms with Crippen molar-refractivity contribution in [3.8, 4) is 0 Å². The predicted molar refractivity (Wildman–Crippen MR) is 75.3 cm³/mol. The molecule has 0 aliphatic carbocycles. The quantitative estimate of drug-likeness (QED) is 0.785. The molecule has 3 heteroatoms. The maximum Gasteiger partial charge on any atom is 0.193 e. The van der Waals surface area contributed by atoms with E-state index in [0.717, 1.165) is 5.69 Å². The van der Waals surface area contributed by atoms with Gasteiger partial charge in [-0.2, -0.15) is 0 Å². The monoisotopic (exact) mass is 257 g/mol. The molecule has 0 aromatic heterocycles. The molecule has 2 aromatic carbocycles. The van der Waals surface area contributed by atoms with E-state index >= 15 is 0 Å².